The van der Waals surface area contributed by atoms with Crippen molar-refractivity contribution in [2.24, 2.45) is 0 Å². The van der Waals surface area contributed by atoms with Gasteiger partial charge in [-0.1, -0.05) is 42.5 Å². The number of benzene rings is 2. The quantitative estimate of drug-likeness (QED) is 0.365. The van der Waals surface area contributed by atoms with Crippen LogP contribution in [0.1, 0.15) is 18.4 Å². The Kier molecular flexibility index (Phi) is 6.95. The van der Waals surface area contributed by atoms with E-state index in [-0.39, 0.29) is 5.78 Å². The van der Waals surface area contributed by atoms with Gasteiger partial charge in [0.1, 0.15) is 5.75 Å². The molecule has 0 fully saturated rings. The Morgan fingerprint density at radius 3 is 2.48 bits per heavy atom. The lowest BCUT2D eigenvalue weighted by Gasteiger charge is -2.07. The van der Waals surface area contributed by atoms with Crippen molar-refractivity contribution >= 4 is 17.5 Å². The van der Waals surface area contributed by atoms with Crippen LogP contribution in [-0.2, 0) is 4.79 Å². The van der Waals surface area contributed by atoms with Gasteiger partial charge in [-0.05, 0) is 43.2 Å². The molecule has 2 aromatic carbocycles. The van der Waals surface area contributed by atoms with E-state index in [2.05, 4.69) is 37.8 Å². The van der Waals surface area contributed by atoms with E-state index in [1.165, 1.54) is 5.56 Å². The van der Waals surface area contributed by atoms with Crippen LogP contribution in [0.5, 0.6) is 5.75 Å². The molecule has 0 aliphatic carbocycles. The molecule has 0 saturated carbocycles. The van der Waals surface area contributed by atoms with Crippen molar-refractivity contribution in [3.63, 3.8) is 0 Å². The second-order valence-corrected chi connectivity index (χ2v) is 6.44. The third-order valence-corrected chi connectivity index (χ3v) is 4.49. The van der Waals surface area contributed by atoms with Gasteiger partial charge < -0.3 is 4.74 Å². The standard InChI is InChI=1S/C20H22O2S/c1-16-10-12-19(13-11-16)23-15-17(2)20(21)9-6-14-22-18-7-4-3-5-8-18/h3-5,7-8,10-13H,2,6,9,14-15H2,1H3. The summed E-state index contributed by atoms with van der Waals surface area (Å²) in [5.74, 6) is 1.61. The van der Waals surface area contributed by atoms with E-state index in [0.29, 0.717) is 30.8 Å². The van der Waals surface area contributed by atoms with Crippen LogP contribution in [0.25, 0.3) is 0 Å². The first kappa shape index (κ1) is 17.4. The Balaban J connectivity index is 1.64. The molecule has 0 heterocycles. The summed E-state index contributed by atoms with van der Waals surface area (Å²) in [4.78, 5) is 13.2. The van der Waals surface area contributed by atoms with Crippen LogP contribution in [-0.4, -0.2) is 18.1 Å². The zero-order chi connectivity index (χ0) is 16.5. The van der Waals surface area contributed by atoms with Crippen LogP contribution in [0.3, 0.4) is 0 Å². The third-order valence-electron chi connectivity index (χ3n) is 3.39. The Labute approximate surface area is 142 Å². The van der Waals surface area contributed by atoms with Gasteiger partial charge in [0.2, 0.25) is 0 Å². The average Bonchev–Trinajstić information content (AvgIpc) is 2.58. The minimum atomic E-state index is 0.126. The highest BCUT2D eigenvalue weighted by atomic mass is 32.2. The number of rotatable bonds is 9. The number of carbonyl (C=O) groups is 1. The Bertz CT molecular complexity index is 632. The van der Waals surface area contributed by atoms with Gasteiger partial charge in [0.05, 0.1) is 6.61 Å². The summed E-state index contributed by atoms with van der Waals surface area (Å²) in [6.45, 7) is 6.53. The lowest BCUT2D eigenvalue weighted by molar-refractivity contribution is -0.115. The lowest BCUT2D eigenvalue weighted by atomic mass is 10.1. The van der Waals surface area contributed by atoms with Crippen LogP contribution < -0.4 is 4.74 Å². The fourth-order valence-electron chi connectivity index (χ4n) is 2.00. The molecule has 0 saturated heterocycles. The number of thioether (sulfide) groups is 1. The topological polar surface area (TPSA) is 26.3 Å². The van der Waals surface area contributed by atoms with Gasteiger partial charge >= 0.3 is 0 Å². The second-order valence-electron chi connectivity index (χ2n) is 5.39. The van der Waals surface area contributed by atoms with E-state index in [1.54, 1.807) is 11.8 Å². The molecule has 0 aromatic heterocycles. The monoisotopic (exact) mass is 326 g/mol. The molecular weight excluding hydrogens is 304 g/mol. The van der Waals surface area contributed by atoms with E-state index in [1.807, 2.05) is 30.3 Å². The number of hydrogen-bond donors (Lipinski definition) is 0. The second kappa shape index (κ2) is 9.21. The summed E-state index contributed by atoms with van der Waals surface area (Å²) in [6, 6.07) is 18.0. The van der Waals surface area contributed by atoms with Crippen molar-refractivity contribution in [3.8, 4) is 5.75 Å². The molecule has 0 bridgehead atoms. The maximum Gasteiger partial charge on any atom is 0.159 e. The highest BCUT2D eigenvalue weighted by molar-refractivity contribution is 7.99. The Morgan fingerprint density at radius 2 is 1.78 bits per heavy atom. The lowest BCUT2D eigenvalue weighted by Crippen LogP contribution is -2.06. The molecule has 0 aliphatic heterocycles. The normalized spacial score (nSPS) is 10.3. The first-order valence-electron chi connectivity index (χ1n) is 7.73. The minimum absolute atomic E-state index is 0.126. The fourth-order valence-corrected chi connectivity index (χ4v) is 2.83. The highest BCUT2D eigenvalue weighted by Gasteiger charge is 2.08. The number of hydrogen-bond acceptors (Lipinski definition) is 3. The molecule has 0 atom stereocenters. The average molecular weight is 326 g/mol. The molecule has 0 radical (unpaired) electrons. The molecule has 2 nitrogen and oxygen atoms in total. The number of ketones is 1. The molecule has 0 spiro atoms. The molecule has 0 unspecified atom stereocenters. The molecule has 3 heteroatoms. The molecule has 120 valence electrons. The summed E-state index contributed by atoms with van der Waals surface area (Å²) in [5.41, 5.74) is 1.91. The number of Topliss-reactive ketones (excluding diaryl/α,β-unsaturated/α-hetero) is 1. The number of ether oxygens (including phenoxy) is 1. The molecule has 23 heavy (non-hydrogen) atoms. The molecule has 0 N–H and O–H groups in total. The van der Waals surface area contributed by atoms with Gasteiger partial charge in [-0.3, -0.25) is 4.79 Å². The summed E-state index contributed by atoms with van der Waals surface area (Å²) in [5, 5.41) is 0. The maximum absolute atomic E-state index is 12.1. The SMILES string of the molecule is C=C(CSc1ccc(C)cc1)C(=O)CCCOc1ccccc1. The van der Waals surface area contributed by atoms with Crippen molar-refractivity contribution in [2.45, 2.75) is 24.7 Å². The van der Waals surface area contributed by atoms with E-state index in [0.717, 1.165) is 10.6 Å². The first-order chi connectivity index (χ1) is 11.1. The number of carbonyl (C=O) groups excluding carboxylic acids is 1. The summed E-state index contributed by atoms with van der Waals surface area (Å²) >= 11 is 1.65. The predicted octanol–water partition coefficient (Wildman–Crippen LogP) is 5.07. The van der Waals surface area contributed by atoms with Crippen molar-refractivity contribution in [3.05, 3.63) is 72.3 Å². The third kappa shape index (κ3) is 6.33. The van der Waals surface area contributed by atoms with Gasteiger partial charge in [0.25, 0.3) is 0 Å². The predicted molar refractivity (Wildman–Crippen MR) is 97.2 cm³/mol. The highest BCUT2D eigenvalue weighted by Crippen LogP contribution is 2.21. The van der Waals surface area contributed by atoms with Gasteiger partial charge in [0.15, 0.2) is 5.78 Å². The van der Waals surface area contributed by atoms with E-state index < -0.39 is 0 Å². The van der Waals surface area contributed by atoms with Crippen molar-refractivity contribution in [1.29, 1.82) is 0 Å². The summed E-state index contributed by atoms with van der Waals surface area (Å²) in [7, 11) is 0. The summed E-state index contributed by atoms with van der Waals surface area (Å²) < 4.78 is 5.59. The molecule has 2 rings (SSSR count). The van der Waals surface area contributed by atoms with Crippen LogP contribution in [0, 0.1) is 6.92 Å². The zero-order valence-corrected chi connectivity index (χ0v) is 14.3. The summed E-state index contributed by atoms with van der Waals surface area (Å²) in [6.07, 6.45) is 1.20. The van der Waals surface area contributed by atoms with Gasteiger partial charge in [-0.2, -0.15) is 0 Å². The van der Waals surface area contributed by atoms with Crippen molar-refractivity contribution in [2.75, 3.05) is 12.4 Å². The molecular formula is C20H22O2S. The number of aryl methyl sites for hydroxylation is 1. The van der Waals surface area contributed by atoms with Crippen LogP contribution in [0.15, 0.2) is 71.6 Å². The Hall–Kier alpha value is -2.00. The maximum atomic E-state index is 12.1. The molecule has 0 amide bonds. The number of para-hydroxylation sites is 1. The van der Waals surface area contributed by atoms with Crippen LogP contribution in [0.2, 0.25) is 0 Å². The Morgan fingerprint density at radius 1 is 1.09 bits per heavy atom. The largest absolute Gasteiger partial charge is 0.494 e. The minimum Gasteiger partial charge on any atom is -0.494 e. The molecule has 0 aliphatic rings. The van der Waals surface area contributed by atoms with E-state index in [9.17, 15) is 4.79 Å². The smallest absolute Gasteiger partial charge is 0.159 e. The van der Waals surface area contributed by atoms with Gasteiger partial charge in [-0.25, -0.2) is 0 Å². The zero-order valence-electron chi connectivity index (χ0n) is 13.5. The van der Waals surface area contributed by atoms with Crippen LogP contribution in [0.4, 0.5) is 0 Å². The van der Waals surface area contributed by atoms with Crippen molar-refractivity contribution < 1.29 is 9.53 Å². The molecule has 2 aromatic rings. The van der Waals surface area contributed by atoms with Crippen molar-refractivity contribution in [1.82, 2.24) is 0 Å². The van der Waals surface area contributed by atoms with E-state index >= 15 is 0 Å². The van der Waals surface area contributed by atoms with Crippen LogP contribution >= 0.6 is 11.8 Å². The van der Waals surface area contributed by atoms with E-state index in [4.69, 9.17) is 4.74 Å². The van der Waals surface area contributed by atoms with Gasteiger partial charge in [-0.15, -0.1) is 11.8 Å². The van der Waals surface area contributed by atoms with Gasteiger partial charge in [0, 0.05) is 17.1 Å². The first-order valence-corrected chi connectivity index (χ1v) is 8.72. The fraction of sp³-hybridized carbons (Fsp3) is 0.250.